The van der Waals surface area contributed by atoms with Crippen molar-refractivity contribution in [1.29, 1.82) is 0 Å². The molecule has 0 aromatic carbocycles. The van der Waals surface area contributed by atoms with Gasteiger partial charge in [-0.2, -0.15) is 8.42 Å². The van der Waals surface area contributed by atoms with E-state index in [4.69, 9.17) is 28.9 Å². The predicted octanol–water partition coefficient (Wildman–Crippen LogP) is -1.72. The molecule has 17 heavy (non-hydrogen) atoms. The molecule has 8 N–H and O–H groups in total. The Balaban J connectivity index is 0. The van der Waals surface area contributed by atoms with E-state index in [1.54, 1.807) is 6.92 Å². The fourth-order valence-electron chi connectivity index (χ4n) is 0.711. The van der Waals surface area contributed by atoms with Crippen molar-refractivity contribution in [1.82, 2.24) is 5.32 Å². The molecule has 1 unspecified atom stereocenters. The standard InChI is InChI=1S/C8H18N2O2.H3NO3S/c1-6(3-4-11)8(9)10-5-7(2)12;1-5(2,3)4/h7,10-12H,3-5,9H2,1-2H3;(H3,1,2,3,4). The first-order valence-electron chi connectivity index (χ1n) is 4.81. The molecule has 104 valence electrons. The summed E-state index contributed by atoms with van der Waals surface area (Å²) in [6.07, 6.45) is 0.157. The van der Waals surface area contributed by atoms with Crippen LogP contribution in [0.4, 0.5) is 0 Å². The van der Waals surface area contributed by atoms with Crippen LogP contribution in [0.3, 0.4) is 0 Å². The third-order valence-electron chi connectivity index (χ3n) is 1.53. The van der Waals surface area contributed by atoms with Crippen molar-refractivity contribution < 1.29 is 23.2 Å². The Hall–Kier alpha value is -0.870. The van der Waals surface area contributed by atoms with Crippen LogP contribution in [-0.4, -0.2) is 42.4 Å². The Kier molecular flexibility index (Phi) is 10.00. The van der Waals surface area contributed by atoms with E-state index >= 15 is 0 Å². The Bertz CT molecular complexity index is 318. The summed E-state index contributed by atoms with van der Waals surface area (Å²) in [6.45, 7) is 4.07. The second kappa shape index (κ2) is 9.19. The highest BCUT2D eigenvalue weighted by Gasteiger charge is 1.98. The van der Waals surface area contributed by atoms with Gasteiger partial charge in [-0.3, -0.25) is 4.55 Å². The first kappa shape index (κ1) is 18.5. The Morgan fingerprint density at radius 2 is 1.88 bits per heavy atom. The largest absolute Gasteiger partial charge is 0.396 e. The minimum Gasteiger partial charge on any atom is -0.396 e. The van der Waals surface area contributed by atoms with Gasteiger partial charge < -0.3 is 21.3 Å². The molecular formula is C8H21N3O5S. The molecule has 0 fully saturated rings. The van der Waals surface area contributed by atoms with Crippen LogP contribution in [0.1, 0.15) is 20.3 Å². The Labute approximate surface area is 101 Å². The fourth-order valence-corrected chi connectivity index (χ4v) is 0.711. The monoisotopic (exact) mass is 271 g/mol. The number of rotatable bonds is 5. The van der Waals surface area contributed by atoms with Crippen molar-refractivity contribution in [3.63, 3.8) is 0 Å². The average molecular weight is 271 g/mol. The first-order chi connectivity index (χ1) is 7.57. The van der Waals surface area contributed by atoms with E-state index < -0.39 is 16.4 Å². The number of hydrogen-bond donors (Lipinski definition) is 6. The zero-order valence-electron chi connectivity index (χ0n) is 9.92. The zero-order chi connectivity index (χ0) is 14.1. The summed E-state index contributed by atoms with van der Waals surface area (Å²) >= 11 is 0. The van der Waals surface area contributed by atoms with Crippen molar-refractivity contribution in [3.05, 3.63) is 11.4 Å². The van der Waals surface area contributed by atoms with Gasteiger partial charge in [-0.1, -0.05) is 0 Å². The van der Waals surface area contributed by atoms with Gasteiger partial charge >= 0.3 is 10.3 Å². The summed E-state index contributed by atoms with van der Waals surface area (Å²) in [5.41, 5.74) is 6.51. The molecule has 0 rings (SSSR count). The van der Waals surface area contributed by atoms with Gasteiger partial charge in [0.1, 0.15) is 0 Å². The number of nitrogens with two attached hydrogens (primary N) is 2. The van der Waals surface area contributed by atoms with Gasteiger partial charge in [-0.15, -0.1) is 0 Å². The highest BCUT2D eigenvalue weighted by molar-refractivity contribution is 7.83. The van der Waals surface area contributed by atoms with Crippen LogP contribution in [-0.2, 0) is 10.3 Å². The molecule has 0 saturated heterocycles. The second-order valence-electron chi connectivity index (χ2n) is 3.41. The summed E-state index contributed by atoms with van der Waals surface area (Å²) in [5.74, 6) is 0.546. The fraction of sp³-hybridized carbons (Fsp3) is 0.750. The number of aliphatic hydroxyl groups excluding tert-OH is 2. The first-order valence-corrected chi connectivity index (χ1v) is 6.31. The van der Waals surface area contributed by atoms with E-state index in [1.165, 1.54) is 0 Å². The summed E-state index contributed by atoms with van der Waals surface area (Å²) in [4.78, 5) is 0. The van der Waals surface area contributed by atoms with Gasteiger partial charge in [0.05, 0.1) is 11.9 Å². The molecule has 0 heterocycles. The molecule has 0 aliphatic carbocycles. The molecular weight excluding hydrogens is 250 g/mol. The third kappa shape index (κ3) is 21.1. The van der Waals surface area contributed by atoms with Crippen LogP contribution in [0.25, 0.3) is 0 Å². The lowest BCUT2D eigenvalue weighted by Crippen LogP contribution is -2.29. The van der Waals surface area contributed by atoms with Crippen LogP contribution in [0.5, 0.6) is 0 Å². The van der Waals surface area contributed by atoms with E-state index in [9.17, 15) is 0 Å². The summed E-state index contributed by atoms with van der Waals surface area (Å²) < 4.78 is 25.2. The normalized spacial score (nSPS) is 14.2. The minimum atomic E-state index is -4.17. The van der Waals surface area contributed by atoms with Gasteiger partial charge in [-0.05, 0) is 25.8 Å². The predicted molar refractivity (Wildman–Crippen MR) is 64.0 cm³/mol. The molecule has 0 spiro atoms. The molecule has 0 aromatic heterocycles. The molecule has 0 amide bonds. The molecule has 9 heteroatoms. The van der Waals surface area contributed by atoms with Gasteiger partial charge in [0, 0.05) is 13.2 Å². The number of aliphatic hydroxyl groups is 2. The van der Waals surface area contributed by atoms with Crippen LogP contribution in [0.2, 0.25) is 0 Å². The number of hydrogen-bond acceptors (Lipinski definition) is 6. The SMILES string of the molecule is CC(CCO)=C(N)NCC(C)O.NS(=O)(=O)O. The lowest BCUT2D eigenvalue weighted by Gasteiger charge is -2.11. The van der Waals surface area contributed by atoms with E-state index in [-0.39, 0.29) is 6.61 Å². The van der Waals surface area contributed by atoms with Crippen LogP contribution in [0, 0.1) is 0 Å². The zero-order valence-corrected chi connectivity index (χ0v) is 10.7. The third-order valence-corrected chi connectivity index (χ3v) is 1.53. The summed E-state index contributed by atoms with van der Waals surface area (Å²) in [5, 5.41) is 24.3. The lowest BCUT2D eigenvalue weighted by atomic mass is 10.2. The highest BCUT2D eigenvalue weighted by atomic mass is 32.2. The maximum Gasteiger partial charge on any atom is 0.330 e. The quantitative estimate of drug-likeness (QED) is 0.324. The summed E-state index contributed by atoms with van der Waals surface area (Å²) in [6, 6.07) is 0. The number of nitrogens with one attached hydrogen (secondary N) is 1. The van der Waals surface area contributed by atoms with Gasteiger partial charge in [0.25, 0.3) is 0 Å². The highest BCUT2D eigenvalue weighted by Crippen LogP contribution is 1.99. The smallest absolute Gasteiger partial charge is 0.330 e. The van der Waals surface area contributed by atoms with Crippen LogP contribution in [0.15, 0.2) is 11.4 Å². The topological polar surface area (TPSA) is 159 Å². The summed E-state index contributed by atoms with van der Waals surface area (Å²) in [7, 11) is -4.17. The Morgan fingerprint density at radius 3 is 2.18 bits per heavy atom. The van der Waals surface area contributed by atoms with Gasteiger partial charge in [0.2, 0.25) is 0 Å². The van der Waals surface area contributed by atoms with Crippen molar-refractivity contribution >= 4 is 10.3 Å². The molecule has 0 aromatic rings. The van der Waals surface area contributed by atoms with Crippen molar-refractivity contribution in [2.24, 2.45) is 10.9 Å². The molecule has 0 radical (unpaired) electrons. The maximum absolute atomic E-state index is 8.97. The maximum atomic E-state index is 8.97. The van der Waals surface area contributed by atoms with E-state index in [1.807, 2.05) is 6.92 Å². The van der Waals surface area contributed by atoms with E-state index in [2.05, 4.69) is 10.5 Å². The molecule has 0 bridgehead atoms. The molecule has 0 aliphatic rings. The van der Waals surface area contributed by atoms with Crippen molar-refractivity contribution in [2.75, 3.05) is 13.2 Å². The minimum absolute atomic E-state index is 0.100. The van der Waals surface area contributed by atoms with Crippen LogP contribution < -0.4 is 16.2 Å². The second-order valence-corrected chi connectivity index (χ2v) is 4.44. The van der Waals surface area contributed by atoms with Crippen LogP contribution >= 0.6 is 0 Å². The molecule has 1 atom stereocenters. The Morgan fingerprint density at radius 1 is 1.47 bits per heavy atom. The molecule has 8 nitrogen and oxygen atoms in total. The lowest BCUT2D eigenvalue weighted by molar-refractivity contribution is 0.194. The average Bonchev–Trinajstić information content (AvgIpc) is 2.11. The van der Waals surface area contributed by atoms with Gasteiger partial charge in [-0.25, -0.2) is 5.14 Å². The molecule has 0 saturated carbocycles. The van der Waals surface area contributed by atoms with Gasteiger partial charge in [0.15, 0.2) is 0 Å². The van der Waals surface area contributed by atoms with E-state index in [0.29, 0.717) is 18.8 Å². The van der Waals surface area contributed by atoms with Crippen molar-refractivity contribution in [3.8, 4) is 0 Å². The van der Waals surface area contributed by atoms with E-state index in [0.717, 1.165) is 5.57 Å². The van der Waals surface area contributed by atoms with Crippen molar-refractivity contribution in [2.45, 2.75) is 26.4 Å². The molecule has 0 aliphatic heterocycles.